The van der Waals surface area contributed by atoms with Crippen molar-refractivity contribution in [1.29, 1.82) is 0 Å². The zero-order valence-electron chi connectivity index (χ0n) is 19.1. The Kier molecular flexibility index (Phi) is 7.49. The molecule has 2 saturated heterocycles. The summed E-state index contributed by atoms with van der Waals surface area (Å²) in [5.41, 5.74) is 5.58. The maximum Gasteiger partial charge on any atom is 0.416 e. The number of aromatic nitrogens is 2. The van der Waals surface area contributed by atoms with Crippen molar-refractivity contribution in [1.82, 2.24) is 19.8 Å². The van der Waals surface area contributed by atoms with Crippen LogP contribution in [0.1, 0.15) is 24.0 Å². The number of likely N-dealkylation sites (tertiary alicyclic amines) is 1. The lowest BCUT2D eigenvalue weighted by molar-refractivity contribution is -0.137. The van der Waals surface area contributed by atoms with Crippen LogP contribution in [0.2, 0.25) is 0 Å². The highest BCUT2D eigenvalue weighted by Crippen LogP contribution is 2.38. The zero-order valence-corrected chi connectivity index (χ0v) is 19.1. The molecule has 2 aliphatic heterocycles. The monoisotopic (exact) mass is 476 g/mol. The fourth-order valence-corrected chi connectivity index (χ4v) is 5.01. The topological polar surface area (TPSA) is 78.6 Å². The van der Waals surface area contributed by atoms with E-state index in [1.807, 2.05) is 0 Å². The second kappa shape index (κ2) is 10.4. The third-order valence-corrected chi connectivity index (χ3v) is 7.23. The summed E-state index contributed by atoms with van der Waals surface area (Å²) in [6.07, 6.45) is 1.31. The van der Waals surface area contributed by atoms with Gasteiger partial charge in [-0.3, -0.25) is 9.80 Å². The molecule has 34 heavy (non-hydrogen) atoms. The Labute approximate surface area is 197 Å². The number of rotatable bonds is 7. The van der Waals surface area contributed by atoms with Gasteiger partial charge >= 0.3 is 6.18 Å². The first kappa shape index (κ1) is 24.6. The van der Waals surface area contributed by atoms with Gasteiger partial charge in [-0.2, -0.15) is 13.2 Å². The first-order chi connectivity index (χ1) is 16.3. The summed E-state index contributed by atoms with van der Waals surface area (Å²) >= 11 is 0. The molecule has 1 aromatic carbocycles. The summed E-state index contributed by atoms with van der Waals surface area (Å²) in [7, 11) is 0. The van der Waals surface area contributed by atoms with E-state index >= 15 is 0 Å². The number of carbonyl (C=O) groups is 1. The lowest BCUT2D eigenvalue weighted by atomic mass is 9.72. The molecule has 7 nitrogen and oxygen atoms in total. The molecule has 1 unspecified atom stereocenters. The van der Waals surface area contributed by atoms with Crippen LogP contribution in [0.3, 0.4) is 0 Å². The number of carbonyl (C=O) groups excluding carboxylic acids is 1. The van der Waals surface area contributed by atoms with E-state index in [4.69, 9.17) is 5.73 Å². The van der Waals surface area contributed by atoms with Crippen molar-refractivity contribution in [3.05, 3.63) is 53.9 Å². The lowest BCUT2D eigenvalue weighted by Crippen LogP contribution is -2.55. The Morgan fingerprint density at radius 1 is 1.03 bits per heavy atom. The molecule has 2 N–H and O–H groups in total. The van der Waals surface area contributed by atoms with Gasteiger partial charge in [0, 0.05) is 57.1 Å². The van der Waals surface area contributed by atoms with Gasteiger partial charge in [0.25, 0.3) is 0 Å². The van der Waals surface area contributed by atoms with Crippen LogP contribution in [0.4, 0.5) is 19.1 Å². The standard InChI is InChI=1S/C24H31F3N6O/c25-24(26,27)20-4-1-3-19(15-20)23(18-28)5-9-32(10-6-23)21(17-34)16-31-11-13-33(14-12-31)22-29-7-2-8-30-22/h1-4,7-8,15,17,21H,5-6,9-14,16,18,28H2. The van der Waals surface area contributed by atoms with Gasteiger partial charge in [0.15, 0.2) is 0 Å². The number of alkyl halides is 3. The number of piperazine rings is 1. The number of nitrogens with zero attached hydrogens (tertiary/aromatic N) is 5. The highest BCUT2D eigenvalue weighted by atomic mass is 19.4. The number of nitrogens with two attached hydrogens (primary N) is 1. The maximum absolute atomic E-state index is 13.2. The summed E-state index contributed by atoms with van der Waals surface area (Å²) in [6.45, 7) is 5.36. The molecule has 0 radical (unpaired) electrons. The van der Waals surface area contributed by atoms with Crippen LogP contribution < -0.4 is 10.6 Å². The molecule has 2 aliphatic rings. The van der Waals surface area contributed by atoms with E-state index in [1.54, 1.807) is 24.5 Å². The second-order valence-electron chi connectivity index (χ2n) is 9.14. The molecule has 4 rings (SSSR count). The van der Waals surface area contributed by atoms with Crippen LogP contribution in [-0.4, -0.2) is 84.5 Å². The fourth-order valence-electron chi connectivity index (χ4n) is 5.01. The van der Waals surface area contributed by atoms with Crippen molar-refractivity contribution < 1.29 is 18.0 Å². The molecule has 184 valence electrons. The van der Waals surface area contributed by atoms with Gasteiger partial charge in [-0.25, -0.2) is 9.97 Å². The molecule has 0 amide bonds. The van der Waals surface area contributed by atoms with E-state index in [9.17, 15) is 18.0 Å². The van der Waals surface area contributed by atoms with Gasteiger partial charge in [-0.1, -0.05) is 18.2 Å². The van der Waals surface area contributed by atoms with E-state index in [0.29, 0.717) is 38.0 Å². The summed E-state index contributed by atoms with van der Waals surface area (Å²) in [5, 5.41) is 0. The first-order valence-corrected chi connectivity index (χ1v) is 11.7. The van der Waals surface area contributed by atoms with E-state index in [-0.39, 0.29) is 12.6 Å². The smallest absolute Gasteiger partial charge is 0.338 e. The van der Waals surface area contributed by atoms with Crippen molar-refractivity contribution >= 4 is 12.2 Å². The molecule has 2 fully saturated rings. The van der Waals surface area contributed by atoms with Gasteiger partial charge in [0.1, 0.15) is 6.29 Å². The van der Waals surface area contributed by atoms with E-state index in [0.717, 1.165) is 44.5 Å². The molecular formula is C24H31F3N6O. The number of halogens is 3. The largest absolute Gasteiger partial charge is 0.416 e. The van der Waals surface area contributed by atoms with Crippen LogP contribution in [0.25, 0.3) is 0 Å². The van der Waals surface area contributed by atoms with E-state index in [1.165, 1.54) is 12.1 Å². The Morgan fingerprint density at radius 2 is 1.71 bits per heavy atom. The molecule has 3 heterocycles. The Hall–Kier alpha value is -2.56. The molecule has 2 aromatic rings. The molecule has 1 aromatic heterocycles. The molecule has 0 aliphatic carbocycles. The number of benzene rings is 1. The Morgan fingerprint density at radius 3 is 2.29 bits per heavy atom. The fraction of sp³-hybridized carbons (Fsp3) is 0.542. The van der Waals surface area contributed by atoms with Crippen molar-refractivity contribution in [2.24, 2.45) is 5.73 Å². The van der Waals surface area contributed by atoms with Crippen molar-refractivity contribution in [3.63, 3.8) is 0 Å². The van der Waals surface area contributed by atoms with Crippen LogP contribution in [0, 0.1) is 0 Å². The lowest BCUT2D eigenvalue weighted by Gasteiger charge is -2.44. The van der Waals surface area contributed by atoms with Crippen LogP contribution in [0.5, 0.6) is 0 Å². The second-order valence-corrected chi connectivity index (χ2v) is 9.14. The maximum atomic E-state index is 13.2. The Balaban J connectivity index is 1.35. The molecule has 0 saturated carbocycles. The minimum Gasteiger partial charge on any atom is -0.338 e. The predicted molar refractivity (Wildman–Crippen MR) is 124 cm³/mol. The number of anilines is 1. The highest BCUT2D eigenvalue weighted by molar-refractivity contribution is 5.58. The minimum atomic E-state index is -4.38. The van der Waals surface area contributed by atoms with Gasteiger partial charge < -0.3 is 15.4 Å². The van der Waals surface area contributed by atoms with Gasteiger partial charge in [0.05, 0.1) is 11.6 Å². The quantitative estimate of drug-likeness (QED) is 0.614. The number of hydrogen-bond acceptors (Lipinski definition) is 7. The SMILES string of the molecule is NCC1(c2cccc(C(F)(F)F)c2)CCN(C(C=O)CN2CCN(c3ncccn3)CC2)CC1. The van der Waals surface area contributed by atoms with Crippen molar-refractivity contribution in [2.45, 2.75) is 30.5 Å². The number of hydrogen-bond donors (Lipinski definition) is 1. The van der Waals surface area contributed by atoms with Gasteiger partial charge in [0.2, 0.25) is 5.95 Å². The average Bonchev–Trinajstić information content (AvgIpc) is 2.88. The molecule has 1 atom stereocenters. The third kappa shape index (κ3) is 5.39. The van der Waals surface area contributed by atoms with Gasteiger partial charge in [-0.05, 0) is 43.6 Å². The number of aldehydes is 1. The summed E-state index contributed by atoms with van der Waals surface area (Å²) < 4.78 is 39.7. The first-order valence-electron chi connectivity index (χ1n) is 11.7. The molecule has 10 heteroatoms. The summed E-state index contributed by atoms with van der Waals surface area (Å²) in [4.78, 5) is 27.1. The predicted octanol–water partition coefficient (Wildman–Crippen LogP) is 2.18. The average molecular weight is 477 g/mol. The normalized spacial score (nSPS) is 20.8. The number of piperidine rings is 1. The van der Waals surface area contributed by atoms with Crippen molar-refractivity contribution in [3.8, 4) is 0 Å². The third-order valence-electron chi connectivity index (χ3n) is 7.23. The zero-order chi connectivity index (χ0) is 24.2. The summed E-state index contributed by atoms with van der Waals surface area (Å²) in [6, 6.07) is 7.06. The molecule has 0 spiro atoms. The highest BCUT2D eigenvalue weighted by Gasteiger charge is 2.39. The van der Waals surface area contributed by atoms with Crippen LogP contribution in [-0.2, 0) is 16.4 Å². The van der Waals surface area contributed by atoms with Gasteiger partial charge in [-0.15, -0.1) is 0 Å². The minimum absolute atomic E-state index is 0.253. The van der Waals surface area contributed by atoms with Crippen molar-refractivity contribution in [2.75, 3.05) is 57.3 Å². The van der Waals surface area contributed by atoms with Crippen LogP contribution >= 0.6 is 0 Å². The molecular weight excluding hydrogens is 445 g/mol. The molecule has 0 bridgehead atoms. The van der Waals surface area contributed by atoms with Crippen LogP contribution in [0.15, 0.2) is 42.7 Å². The van der Waals surface area contributed by atoms with E-state index in [2.05, 4.69) is 24.7 Å². The summed E-state index contributed by atoms with van der Waals surface area (Å²) in [5.74, 6) is 0.720. The van der Waals surface area contributed by atoms with E-state index < -0.39 is 17.2 Å². The Bertz CT molecular complexity index is 941.